The Labute approximate surface area is 218 Å². The number of sulfonamides is 1. The number of carbonyl (C=O) groups is 1. The van der Waals surface area contributed by atoms with Crippen LogP contribution in [0, 0.1) is 23.3 Å². The monoisotopic (exact) mass is 561 g/mol. The first-order valence-corrected chi connectivity index (χ1v) is 12.6. The van der Waals surface area contributed by atoms with E-state index in [1.54, 1.807) is 11.6 Å². The lowest BCUT2D eigenvalue weighted by molar-refractivity contribution is 0.103. The number of carbonyl (C=O) groups excluding carboxylic acids is 1. The molecule has 2 aromatic carbocycles. The highest BCUT2D eigenvalue weighted by Crippen LogP contribution is 2.31. The summed E-state index contributed by atoms with van der Waals surface area (Å²) >= 11 is 0. The number of aliphatic imine (C=N–C) groups is 1. The third kappa shape index (κ3) is 5.43. The second-order valence-corrected chi connectivity index (χ2v) is 9.47. The van der Waals surface area contributed by atoms with E-state index in [1.807, 2.05) is 0 Å². The minimum Gasteiger partial charge on any atom is -0.403 e. The number of rotatable bonds is 9. The zero-order valence-corrected chi connectivity index (χ0v) is 20.8. The van der Waals surface area contributed by atoms with E-state index in [1.165, 1.54) is 18.7 Å². The van der Waals surface area contributed by atoms with Crippen molar-refractivity contribution in [2.75, 3.05) is 16.6 Å². The molecule has 39 heavy (non-hydrogen) atoms. The fraction of sp³-hybridized carbons (Fsp3) is 0.0833. The molecule has 10 nitrogen and oxygen atoms in total. The van der Waals surface area contributed by atoms with E-state index in [0.29, 0.717) is 42.6 Å². The van der Waals surface area contributed by atoms with Crippen molar-refractivity contribution in [1.29, 1.82) is 0 Å². The second kappa shape index (κ2) is 10.9. The normalized spacial score (nSPS) is 12.3. The van der Waals surface area contributed by atoms with Crippen LogP contribution in [0.25, 0.3) is 11.0 Å². The lowest BCUT2D eigenvalue weighted by atomic mass is 10.0. The van der Waals surface area contributed by atoms with Crippen LogP contribution in [0.1, 0.15) is 22.8 Å². The Kier molecular flexibility index (Phi) is 7.62. The number of ketones is 1. The summed E-state index contributed by atoms with van der Waals surface area (Å²) in [6.45, 7) is 2.25. The highest BCUT2D eigenvalue weighted by molar-refractivity contribution is 7.92. The molecule has 5 N–H and O–H groups in total. The summed E-state index contributed by atoms with van der Waals surface area (Å²) in [5, 5.41) is 2.91. The largest absolute Gasteiger partial charge is 0.403 e. The van der Waals surface area contributed by atoms with Gasteiger partial charge in [-0.05, 0) is 37.3 Å². The van der Waals surface area contributed by atoms with Crippen molar-refractivity contribution in [2.24, 2.45) is 10.7 Å². The maximum absolute atomic E-state index is 15.5. The number of aromatic amines is 1. The molecule has 15 heteroatoms. The first-order valence-electron chi connectivity index (χ1n) is 11.1. The lowest BCUT2D eigenvalue weighted by Gasteiger charge is -2.13. The van der Waals surface area contributed by atoms with Crippen LogP contribution in [0.4, 0.5) is 29.1 Å². The van der Waals surface area contributed by atoms with Gasteiger partial charge in [0.1, 0.15) is 40.1 Å². The first kappa shape index (κ1) is 27.3. The fourth-order valence-electron chi connectivity index (χ4n) is 3.54. The molecule has 0 aliphatic rings. The number of allylic oxidation sites excluding steroid dienone is 1. The van der Waals surface area contributed by atoms with E-state index < -0.39 is 55.2 Å². The molecule has 2 heterocycles. The molecule has 0 spiro atoms. The number of nitrogens with one attached hydrogen (secondary N) is 3. The number of hydrogen-bond donors (Lipinski definition) is 4. The van der Waals surface area contributed by atoms with Crippen LogP contribution < -0.4 is 15.8 Å². The van der Waals surface area contributed by atoms with Crippen LogP contribution in [-0.2, 0) is 10.0 Å². The standard InChI is InChI=1S/C24H19F4N7O3S/c1-2-30-9-13(8-29)34-24-19-14(10-31-23(19)32-11-33-24)22(36)20-16(27)5-6-17(21(20)28)35-39(37,38)18-7-12(25)3-4-15(18)26/h3-11,35H,2,29H2,1H3,(H2,31,32,33,34). The molecule has 0 aliphatic heterocycles. The van der Waals surface area contributed by atoms with E-state index in [9.17, 15) is 26.4 Å². The average molecular weight is 562 g/mol. The minimum absolute atomic E-state index is 0.0540. The van der Waals surface area contributed by atoms with E-state index in [4.69, 9.17) is 5.73 Å². The molecule has 0 fully saturated rings. The predicted octanol–water partition coefficient (Wildman–Crippen LogP) is 3.85. The van der Waals surface area contributed by atoms with Crippen molar-refractivity contribution in [3.63, 3.8) is 0 Å². The van der Waals surface area contributed by atoms with Crippen LogP contribution in [0.3, 0.4) is 0 Å². The SMILES string of the molecule is CCN=CC(=CN)Nc1ncnc2[nH]cc(C(=O)c3c(F)ccc(NS(=O)(=O)c4cc(F)ccc4F)c3F)c12. The van der Waals surface area contributed by atoms with Gasteiger partial charge in [-0.2, -0.15) is 0 Å². The van der Waals surface area contributed by atoms with Gasteiger partial charge in [0.05, 0.1) is 27.9 Å². The van der Waals surface area contributed by atoms with Crippen molar-refractivity contribution in [2.45, 2.75) is 11.8 Å². The quantitative estimate of drug-likeness (QED) is 0.137. The lowest BCUT2D eigenvalue weighted by Crippen LogP contribution is -2.18. The van der Waals surface area contributed by atoms with Crippen LogP contribution in [0.15, 0.2) is 64.6 Å². The van der Waals surface area contributed by atoms with Gasteiger partial charge in [0.25, 0.3) is 10.0 Å². The van der Waals surface area contributed by atoms with Gasteiger partial charge in [0.2, 0.25) is 5.78 Å². The molecule has 0 bridgehead atoms. The van der Waals surface area contributed by atoms with Crippen molar-refractivity contribution in [3.8, 4) is 0 Å². The minimum atomic E-state index is -4.87. The maximum atomic E-state index is 15.5. The number of hydrogen-bond acceptors (Lipinski definition) is 8. The van der Waals surface area contributed by atoms with Crippen LogP contribution in [-0.4, -0.2) is 41.9 Å². The number of nitrogens with two attached hydrogens (primary N) is 1. The van der Waals surface area contributed by atoms with Crippen molar-refractivity contribution in [3.05, 3.63) is 89.1 Å². The van der Waals surface area contributed by atoms with Crippen molar-refractivity contribution in [1.82, 2.24) is 15.0 Å². The summed E-state index contributed by atoms with van der Waals surface area (Å²) in [5.41, 5.74) is 3.79. The number of aromatic nitrogens is 3. The van der Waals surface area contributed by atoms with Gasteiger partial charge in [-0.25, -0.2) is 35.9 Å². The molecule has 0 radical (unpaired) electrons. The third-order valence-electron chi connectivity index (χ3n) is 5.31. The predicted molar refractivity (Wildman–Crippen MR) is 136 cm³/mol. The first-order chi connectivity index (χ1) is 18.6. The molecule has 0 saturated heterocycles. The summed E-state index contributed by atoms with van der Waals surface area (Å²) in [5.74, 6) is -6.40. The molecule has 0 unspecified atom stereocenters. The molecule has 202 valence electrons. The van der Waals surface area contributed by atoms with Gasteiger partial charge < -0.3 is 16.0 Å². The van der Waals surface area contributed by atoms with Gasteiger partial charge in [0, 0.05) is 25.2 Å². The van der Waals surface area contributed by atoms with Gasteiger partial charge in [-0.3, -0.25) is 14.5 Å². The van der Waals surface area contributed by atoms with Crippen LogP contribution in [0.5, 0.6) is 0 Å². The summed E-state index contributed by atoms with van der Waals surface area (Å²) in [6.07, 6.45) is 4.93. The Hall–Kier alpha value is -4.79. The Bertz CT molecular complexity index is 1750. The number of nitrogens with zero attached hydrogens (tertiary/aromatic N) is 3. The van der Waals surface area contributed by atoms with E-state index >= 15 is 4.39 Å². The number of benzene rings is 2. The number of anilines is 2. The zero-order chi connectivity index (χ0) is 28.3. The summed E-state index contributed by atoms with van der Waals surface area (Å²) in [4.78, 5) is 27.1. The Balaban J connectivity index is 1.77. The van der Waals surface area contributed by atoms with Gasteiger partial charge in [-0.15, -0.1) is 0 Å². The highest BCUT2D eigenvalue weighted by atomic mass is 32.2. The fourth-order valence-corrected chi connectivity index (χ4v) is 4.69. The maximum Gasteiger partial charge on any atom is 0.265 e. The average Bonchev–Trinajstić information content (AvgIpc) is 3.34. The third-order valence-corrected chi connectivity index (χ3v) is 6.70. The molecule has 0 aliphatic carbocycles. The van der Waals surface area contributed by atoms with Gasteiger partial charge in [-0.1, -0.05) is 0 Å². The molecule has 0 amide bonds. The van der Waals surface area contributed by atoms with E-state index in [2.05, 4.69) is 25.3 Å². The van der Waals surface area contributed by atoms with E-state index in [-0.39, 0.29) is 22.4 Å². The molecule has 0 atom stereocenters. The number of halogens is 4. The van der Waals surface area contributed by atoms with Crippen molar-refractivity contribution >= 4 is 44.6 Å². The smallest absolute Gasteiger partial charge is 0.265 e. The molecule has 2 aromatic heterocycles. The molecular formula is C24H19F4N7O3S. The highest BCUT2D eigenvalue weighted by Gasteiger charge is 2.28. The van der Waals surface area contributed by atoms with Crippen molar-refractivity contribution < 1.29 is 30.8 Å². The Morgan fingerprint density at radius 2 is 1.87 bits per heavy atom. The van der Waals surface area contributed by atoms with Crippen LogP contribution in [0.2, 0.25) is 0 Å². The zero-order valence-electron chi connectivity index (χ0n) is 20.0. The topological polar surface area (TPSA) is 155 Å². The van der Waals surface area contributed by atoms with Gasteiger partial charge >= 0.3 is 0 Å². The van der Waals surface area contributed by atoms with E-state index in [0.717, 1.165) is 6.20 Å². The number of fused-ring (bicyclic) bond motifs is 1. The summed E-state index contributed by atoms with van der Waals surface area (Å²) in [6, 6.07) is 3.01. The Morgan fingerprint density at radius 3 is 2.59 bits per heavy atom. The summed E-state index contributed by atoms with van der Waals surface area (Å²) in [7, 11) is -4.87. The molecule has 4 aromatic rings. The van der Waals surface area contributed by atoms with Gasteiger partial charge in [0.15, 0.2) is 5.82 Å². The van der Waals surface area contributed by atoms with Crippen LogP contribution >= 0.6 is 0 Å². The molecule has 4 rings (SSSR count). The molecular weight excluding hydrogens is 542 g/mol. The number of H-pyrrole nitrogens is 1. The Morgan fingerprint density at radius 1 is 1.13 bits per heavy atom. The molecule has 0 saturated carbocycles. The second-order valence-electron chi connectivity index (χ2n) is 7.82. The summed E-state index contributed by atoms with van der Waals surface area (Å²) < 4.78 is 84.8.